The summed E-state index contributed by atoms with van der Waals surface area (Å²) in [6.45, 7) is 9.05. The lowest BCUT2D eigenvalue weighted by molar-refractivity contribution is -0.122. The third-order valence-electron chi connectivity index (χ3n) is 5.97. The number of morpholine rings is 1. The molecule has 1 saturated heterocycles. The number of nitrogens with zero attached hydrogens (tertiary/aromatic N) is 1. The Balaban J connectivity index is 1.86. The Bertz CT molecular complexity index is 1040. The number of carbonyl (C=O) groups is 1. The zero-order chi connectivity index (χ0) is 24.2. The minimum absolute atomic E-state index is 0.00432. The molecule has 0 aliphatic carbocycles. The summed E-state index contributed by atoms with van der Waals surface area (Å²) in [6, 6.07) is 5.80. The predicted octanol–water partition coefficient (Wildman–Crippen LogP) is 2.12. The van der Waals surface area contributed by atoms with Gasteiger partial charge in [0, 0.05) is 37.7 Å². The van der Waals surface area contributed by atoms with Crippen LogP contribution in [0, 0.1) is 6.92 Å². The zero-order valence-corrected chi connectivity index (χ0v) is 19.5. The quantitative estimate of drug-likeness (QED) is 0.548. The molecule has 1 aromatic heterocycles. The van der Waals surface area contributed by atoms with Crippen molar-refractivity contribution in [3.63, 3.8) is 0 Å². The van der Waals surface area contributed by atoms with Crippen LogP contribution in [0.15, 0.2) is 33.5 Å². The Labute approximate surface area is 192 Å². The monoisotopic (exact) mass is 460 g/mol. The van der Waals surface area contributed by atoms with Gasteiger partial charge < -0.3 is 29.4 Å². The summed E-state index contributed by atoms with van der Waals surface area (Å²) in [6.07, 6.45) is -0.0763. The molecule has 1 atom stereocenters. The normalized spacial score (nSPS) is 15.8. The number of rotatable bonds is 8. The SMILES string of the molecule is COc1cc([C@H](CC(=O)NCC(C)(C)N2CCOCC2)c2oc(C)cc(=O)c2O)ccc1O. The molecule has 180 valence electrons. The van der Waals surface area contributed by atoms with Crippen LogP contribution >= 0.6 is 0 Å². The highest BCUT2D eigenvalue weighted by Gasteiger charge is 2.30. The molecule has 1 aliphatic heterocycles. The number of hydrogen-bond donors (Lipinski definition) is 3. The number of ether oxygens (including phenoxy) is 2. The van der Waals surface area contributed by atoms with E-state index in [2.05, 4.69) is 24.1 Å². The van der Waals surface area contributed by atoms with Crippen molar-refractivity contribution in [1.29, 1.82) is 0 Å². The molecule has 2 aromatic rings. The van der Waals surface area contributed by atoms with Crippen LogP contribution in [0.1, 0.15) is 43.3 Å². The lowest BCUT2D eigenvalue weighted by atomic mass is 9.91. The van der Waals surface area contributed by atoms with Crippen LogP contribution in [0.3, 0.4) is 0 Å². The molecule has 0 bridgehead atoms. The number of aryl methyl sites for hydroxylation is 1. The predicted molar refractivity (Wildman–Crippen MR) is 122 cm³/mol. The smallest absolute Gasteiger partial charge is 0.227 e. The van der Waals surface area contributed by atoms with E-state index in [-0.39, 0.29) is 35.1 Å². The highest BCUT2D eigenvalue weighted by Crippen LogP contribution is 2.37. The molecular weight excluding hydrogens is 428 g/mol. The third-order valence-corrected chi connectivity index (χ3v) is 5.97. The summed E-state index contributed by atoms with van der Waals surface area (Å²) in [5.41, 5.74) is -0.302. The van der Waals surface area contributed by atoms with Crippen molar-refractivity contribution in [2.24, 2.45) is 0 Å². The van der Waals surface area contributed by atoms with Gasteiger partial charge in [0.15, 0.2) is 17.3 Å². The number of phenols is 1. The van der Waals surface area contributed by atoms with Crippen LogP contribution in [-0.2, 0) is 9.53 Å². The average molecular weight is 461 g/mol. The minimum Gasteiger partial charge on any atom is -0.504 e. The molecule has 0 spiro atoms. The van der Waals surface area contributed by atoms with Gasteiger partial charge in [-0.1, -0.05) is 6.07 Å². The van der Waals surface area contributed by atoms with E-state index in [0.29, 0.717) is 31.1 Å². The fraction of sp³-hybridized carbons (Fsp3) is 0.500. The van der Waals surface area contributed by atoms with E-state index in [1.165, 1.54) is 19.2 Å². The lowest BCUT2D eigenvalue weighted by Crippen LogP contribution is -2.55. The van der Waals surface area contributed by atoms with E-state index >= 15 is 0 Å². The number of phenolic OH excluding ortho intramolecular Hbond substituents is 1. The Morgan fingerprint density at radius 3 is 2.61 bits per heavy atom. The van der Waals surface area contributed by atoms with E-state index in [1.807, 2.05) is 0 Å². The molecule has 0 saturated carbocycles. The van der Waals surface area contributed by atoms with Gasteiger partial charge in [-0.2, -0.15) is 0 Å². The third kappa shape index (κ3) is 5.85. The Morgan fingerprint density at radius 2 is 1.94 bits per heavy atom. The van der Waals surface area contributed by atoms with Gasteiger partial charge in [-0.05, 0) is 38.5 Å². The maximum Gasteiger partial charge on any atom is 0.227 e. The maximum atomic E-state index is 13.0. The summed E-state index contributed by atoms with van der Waals surface area (Å²) >= 11 is 0. The Kier molecular flexibility index (Phi) is 7.65. The molecule has 1 aromatic carbocycles. The Morgan fingerprint density at radius 1 is 1.24 bits per heavy atom. The molecule has 0 unspecified atom stereocenters. The van der Waals surface area contributed by atoms with Gasteiger partial charge >= 0.3 is 0 Å². The number of methoxy groups -OCH3 is 1. The van der Waals surface area contributed by atoms with Crippen molar-refractivity contribution >= 4 is 5.91 Å². The van der Waals surface area contributed by atoms with Crippen LogP contribution < -0.4 is 15.5 Å². The number of amides is 1. The van der Waals surface area contributed by atoms with Crippen LogP contribution in [0.4, 0.5) is 0 Å². The molecule has 1 fully saturated rings. The first kappa shape index (κ1) is 24.6. The first-order valence-electron chi connectivity index (χ1n) is 10.9. The second-order valence-corrected chi connectivity index (χ2v) is 8.81. The van der Waals surface area contributed by atoms with Crippen molar-refractivity contribution in [2.75, 3.05) is 40.0 Å². The number of hydrogen-bond acceptors (Lipinski definition) is 8. The highest BCUT2D eigenvalue weighted by molar-refractivity contribution is 5.77. The summed E-state index contributed by atoms with van der Waals surface area (Å²) in [5, 5.41) is 23.4. The molecule has 9 nitrogen and oxygen atoms in total. The van der Waals surface area contributed by atoms with Gasteiger partial charge in [-0.15, -0.1) is 0 Å². The molecule has 9 heteroatoms. The second kappa shape index (κ2) is 10.3. The molecule has 1 amide bonds. The van der Waals surface area contributed by atoms with Gasteiger partial charge in [0.05, 0.1) is 26.2 Å². The number of nitrogens with one attached hydrogen (secondary N) is 1. The molecule has 3 N–H and O–H groups in total. The van der Waals surface area contributed by atoms with Gasteiger partial charge in [0.1, 0.15) is 5.76 Å². The van der Waals surface area contributed by atoms with Crippen molar-refractivity contribution in [3.05, 3.63) is 51.6 Å². The second-order valence-electron chi connectivity index (χ2n) is 8.81. The summed E-state index contributed by atoms with van der Waals surface area (Å²) in [7, 11) is 1.42. The van der Waals surface area contributed by atoms with E-state index in [9.17, 15) is 19.8 Å². The zero-order valence-electron chi connectivity index (χ0n) is 19.5. The molecule has 33 heavy (non-hydrogen) atoms. The summed E-state index contributed by atoms with van der Waals surface area (Å²) in [4.78, 5) is 27.5. The molecule has 2 heterocycles. The van der Waals surface area contributed by atoms with Gasteiger partial charge in [0.2, 0.25) is 17.1 Å². The first-order chi connectivity index (χ1) is 15.6. The van der Waals surface area contributed by atoms with Gasteiger partial charge in [-0.3, -0.25) is 14.5 Å². The van der Waals surface area contributed by atoms with Crippen molar-refractivity contribution in [3.8, 4) is 17.2 Å². The average Bonchev–Trinajstić information content (AvgIpc) is 2.80. The minimum atomic E-state index is -0.765. The molecule has 1 aliphatic rings. The maximum absolute atomic E-state index is 13.0. The van der Waals surface area contributed by atoms with E-state index < -0.39 is 17.1 Å². The topological polar surface area (TPSA) is 121 Å². The van der Waals surface area contributed by atoms with Crippen molar-refractivity contribution in [2.45, 2.75) is 38.6 Å². The van der Waals surface area contributed by atoms with Crippen LogP contribution in [0.5, 0.6) is 17.2 Å². The van der Waals surface area contributed by atoms with E-state index in [0.717, 1.165) is 13.1 Å². The number of aromatic hydroxyl groups is 2. The van der Waals surface area contributed by atoms with E-state index in [1.54, 1.807) is 19.1 Å². The Hall–Kier alpha value is -3.04. The summed E-state index contributed by atoms with van der Waals surface area (Å²) in [5.74, 6) is -1.12. The highest BCUT2D eigenvalue weighted by atomic mass is 16.5. The first-order valence-corrected chi connectivity index (χ1v) is 10.9. The standard InChI is InChI=1S/C24H32N2O7/c1-15-11-19(28)22(30)23(33-15)17(16-5-6-18(27)20(12-16)31-4)13-21(29)25-14-24(2,3)26-7-9-32-10-8-26/h5-6,11-12,17,27,30H,7-10,13-14H2,1-4H3,(H,25,29)/t17-/m0/s1. The fourth-order valence-corrected chi connectivity index (χ4v) is 3.99. The fourth-order valence-electron chi connectivity index (χ4n) is 3.99. The summed E-state index contributed by atoms with van der Waals surface area (Å²) < 4.78 is 16.3. The van der Waals surface area contributed by atoms with Crippen LogP contribution in [-0.4, -0.2) is 66.5 Å². The molecular formula is C24H32N2O7. The van der Waals surface area contributed by atoms with Gasteiger partial charge in [-0.25, -0.2) is 0 Å². The number of carbonyl (C=O) groups excluding carboxylic acids is 1. The molecule has 0 radical (unpaired) electrons. The molecule has 3 rings (SSSR count). The van der Waals surface area contributed by atoms with Gasteiger partial charge in [0.25, 0.3) is 0 Å². The van der Waals surface area contributed by atoms with Crippen LogP contribution in [0.25, 0.3) is 0 Å². The lowest BCUT2D eigenvalue weighted by Gasteiger charge is -2.40. The number of benzene rings is 1. The van der Waals surface area contributed by atoms with Crippen LogP contribution in [0.2, 0.25) is 0 Å². The van der Waals surface area contributed by atoms with Crippen molar-refractivity contribution < 1.29 is 28.9 Å². The van der Waals surface area contributed by atoms with Crippen molar-refractivity contribution in [1.82, 2.24) is 10.2 Å². The van der Waals surface area contributed by atoms with E-state index in [4.69, 9.17) is 13.9 Å². The largest absolute Gasteiger partial charge is 0.504 e.